The van der Waals surface area contributed by atoms with Gasteiger partial charge in [0.15, 0.2) is 5.82 Å². The summed E-state index contributed by atoms with van der Waals surface area (Å²) in [4.78, 5) is 98.6. The molecule has 0 aliphatic heterocycles. The van der Waals surface area contributed by atoms with Crippen LogP contribution in [0, 0.1) is 5.92 Å². The molecule has 0 aliphatic rings. The minimum Gasteiger partial charge on any atom is -0.472 e. The molecule has 0 radical (unpaired) electrons. The van der Waals surface area contributed by atoms with Gasteiger partial charge in [-0.3, -0.25) is 28.8 Å². The first kappa shape index (κ1) is 68.1. The highest BCUT2D eigenvalue weighted by Gasteiger charge is 2.31. The largest absolute Gasteiger partial charge is 0.472 e. The first-order valence-corrected chi connectivity index (χ1v) is 28.2. The first-order chi connectivity index (χ1) is 40.4. The second-order valence-electron chi connectivity index (χ2n) is 20.0. The van der Waals surface area contributed by atoms with E-state index in [1.54, 1.807) is 38.1 Å². The van der Waals surface area contributed by atoms with Gasteiger partial charge in [0.2, 0.25) is 29.5 Å². The third-order valence-corrected chi connectivity index (χ3v) is 12.4. The number of nitrogen functional groups attached to an aromatic ring is 1. The Balaban J connectivity index is 1.20. The first-order valence-electron chi connectivity index (χ1n) is 28.2. The fraction of sp³-hybridized carbons (Fsp3) is 0.544. The van der Waals surface area contributed by atoms with Crippen molar-refractivity contribution in [1.82, 2.24) is 46.3 Å². The van der Waals surface area contributed by atoms with E-state index in [2.05, 4.69) is 70.2 Å². The number of azide groups is 1. The molecule has 0 fully saturated rings. The van der Waals surface area contributed by atoms with Gasteiger partial charge in [-0.15, -0.1) is 10.2 Å². The van der Waals surface area contributed by atoms with E-state index >= 15 is 0 Å². The molecule has 4 rings (SSSR count). The van der Waals surface area contributed by atoms with Gasteiger partial charge in [-0.25, -0.2) is 9.78 Å². The summed E-state index contributed by atoms with van der Waals surface area (Å²) < 4.78 is 34.6. The fourth-order valence-electron chi connectivity index (χ4n) is 7.97. The van der Waals surface area contributed by atoms with Gasteiger partial charge < -0.3 is 70.6 Å². The van der Waals surface area contributed by atoms with Crippen LogP contribution in [0.25, 0.3) is 21.5 Å². The molecule has 0 unspecified atom stereocenters. The average Bonchev–Trinajstić information content (AvgIpc) is 2.86. The molecule has 6 amide bonds. The quantitative estimate of drug-likeness (QED) is 0.00748. The molecule has 2 heterocycles. The van der Waals surface area contributed by atoms with Crippen LogP contribution < -0.4 is 42.4 Å². The lowest BCUT2D eigenvalue weighted by Gasteiger charge is -2.26. The second kappa shape index (κ2) is 37.7. The lowest BCUT2D eigenvalue weighted by atomic mass is 10.0. The monoisotopic (exact) mass is 1170 g/mol. The van der Waals surface area contributed by atoms with Crippen molar-refractivity contribution in [1.29, 1.82) is 0 Å². The van der Waals surface area contributed by atoms with Crippen molar-refractivity contribution in [2.45, 2.75) is 137 Å². The number of nitrogens with two attached hydrogens (primary N) is 1. The van der Waals surface area contributed by atoms with Crippen LogP contribution in [0.4, 0.5) is 16.3 Å². The molecule has 0 bridgehead atoms. The van der Waals surface area contributed by atoms with Gasteiger partial charge in [0.1, 0.15) is 48.2 Å². The summed E-state index contributed by atoms with van der Waals surface area (Å²) in [7, 11) is 0. The number of aryl methyl sites for hydroxylation is 1. The summed E-state index contributed by atoms with van der Waals surface area (Å²) in [5, 5.41) is 27.8. The average molecular weight is 1170 g/mol. The SMILES string of the molecule is C=CCOC(=O)CC[C@H](NC(=O)CCCC(=O)NCCOCCOCCOCCN=[N+]=[N-])C(=O)N[C@H](C(=O)N[C@@H](C)C(=O)Nc1ccc(COC(=O)NCc2ccc(Cn3c(CCCC)nc4c(N)nnc(OC(C)C)c43)cc2)cc1)C(C)C. The van der Waals surface area contributed by atoms with Crippen molar-refractivity contribution >= 4 is 64.1 Å². The summed E-state index contributed by atoms with van der Waals surface area (Å²) in [5.41, 5.74) is 18.6. The molecule has 0 spiro atoms. The Bertz CT molecular complexity index is 2810. The van der Waals surface area contributed by atoms with Crippen LogP contribution in [0.3, 0.4) is 0 Å². The normalized spacial score (nSPS) is 12.1. The number of esters is 1. The topological polar surface area (TPSA) is 365 Å². The Morgan fingerprint density at radius 3 is 2.10 bits per heavy atom. The molecular weight excluding hydrogens is 1090 g/mol. The summed E-state index contributed by atoms with van der Waals surface area (Å²) >= 11 is 0. The van der Waals surface area contributed by atoms with Crippen LogP contribution in [0.15, 0.2) is 66.3 Å². The molecule has 2 aromatic heterocycles. The molecule has 0 saturated carbocycles. The van der Waals surface area contributed by atoms with E-state index in [0.717, 1.165) is 36.2 Å². The van der Waals surface area contributed by atoms with E-state index in [1.165, 1.54) is 13.0 Å². The second-order valence-corrected chi connectivity index (χ2v) is 20.0. The third kappa shape index (κ3) is 25.0. The Morgan fingerprint density at radius 1 is 0.762 bits per heavy atom. The number of hydrogen-bond donors (Lipinski definition) is 7. The van der Waals surface area contributed by atoms with Crippen molar-refractivity contribution in [3.63, 3.8) is 0 Å². The van der Waals surface area contributed by atoms with E-state index in [-0.39, 0.29) is 89.4 Å². The number of nitrogens with zero attached hydrogens (tertiary/aromatic N) is 7. The number of rotatable bonds is 40. The zero-order valence-electron chi connectivity index (χ0n) is 48.9. The number of hydrogen-bond acceptors (Lipinski definition) is 18. The molecule has 2 aromatic carbocycles. The van der Waals surface area contributed by atoms with Crippen molar-refractivity contribution in [3.05, 3.63) is 94.1 Å². The maximum atomic E-state index is 13.7. The zero-order chi connectivity index (χ0) is 61.2. The van der Waals surface area contributed by atoms with Gasteiger partial charge in [-0.1, -0.05) is 81.4 Å². The predicted octanol–water partition coefficient (Wildman–Crippen LogP) is 5.24. The van der Waals surface area contributed by atoms with Crippen LogP contribution in [0.2, 0.25) is 0 Å². The standard InChI is InChI=1S/C57H82N14O13/c1-8-10-12-45-66-50-51(56(84-38(5)6)69-68-52(50)58)71(45)35-41-17-15-40(16-18-41)34-61-57(78)83-36-42-19-21-43(22-20-42)64-53(75)39(7)63-55(77)49(37(3)4)67-54(76)44(23-24-48(74)82-27-9-2)65-47(73)14-11-13-46(72)60-25-28-79-30-32-81-33-31-80-29-26-62-70-59/h9,15-22,37-39,44,49H,2,8,10-14,23-36H2,1,3-7H3,(H2,58,68)(H,60,72)(H,61,78)(H,63,77)(H,64,75)(H,65,73)(H,67,76)/t39-,44-,49-/m0/s1. The number of alkyl carbamates (subject to hydrolysis) is 1. The number of imidazole rings is 1. The van der Waals surface area contributed by atoms with Crippen molar-refractivity contribution < 1.29 is 62.0 Å². The minimum atomic E-state index is -1.26. The molecule has 27 nitrogen and oxygen atoms in total. The maximum absolute atomic E-state index is 13.7. The van der Waals surface area contributed by atoms with E-state index in [4.69, 9.17) is 44.7 Å². The summed E-state index contributed by atoms with van der Waals surface area (Å²) in [6.45, 7) is 17.3. The Hall–Kier alpha value is -8.39. The summed E-state index contributed by atoms with van der Waals surface area (Å²) in [5.74, 6) is -2.49. The fourth-order valence-corrected chi connectivity index (χ4v) is 7.97. The number of amides is 6. The van der Waals surface area contributed by atoms with E-state index < -0.39 is 59.7 Å². The number of carbonyl (C=O) groups excluding carboxylic acids is 7. The zero-order valence-corrected chi connectivity index (χ0v) is 48.9. The van der Waals surface area contributed by atoms with Crippen LogP contribution >= 0.6 is 0 Å². The molecule has 8 N–H and O–H groups in total. The van der Waals surface area contributed by atoms with Gasteiger partial charge in [0.05, 0.1) is 45.7 Å². The maximum Gasteiger partial charge on any atom is 0.407 e. The number of aromatic nitrogens is 4. The van der Waals surface area contributed by atoms with Crippen LogP contribution in [0.5, 0.6) is 5.88 Å². The van der Waals surface area contributed by atoms with Gasteiger partial charge in [0.25, 0.3) is 5.88 Å². The summed E-state index contributed by atoms with van der Waals surface area (Å²) in [6, 6.07) is 10.9. The van der Waals surface area contributed by atoms with Crippen molar-refractivity contribution in [3.8, 4) is 5.88 Å². The Labute approximate surface area is 489 Å². The predicted molar refractivity (Wildman–Crippen MR) is 312 cm³/mol. The van der Waals surface area contributed by atoms with Crippen LogP contribution in [0.1, 0.15) is 109 Å². The van der Waals surface area contributed by atoms with Crippen molar-refractivity contribution in [2.24, 2.45) is 11.0 Å². The molecule has 458 valence electrons. The van der Waals surface area contributed by atoms with E-state index in [1.807, 2.05) is 38.1 Å². The van der Waals surface area contributed by atoms with Gasteiger partial charge >= 0.3 is 12.1 Å². The molecule has 0 aliphatic carbocycles. The van der Waals surface area contributed by atoms with Gasteiger partial charge in [-0.2, -0.15) is 0 Å². The van der Waals surface area contributed by atoms with Crippen molar-refractivity contribution in [2.75, 3.05) is 70.4 Å². The number of benzene rings is 2. The Morgan fingerprint density at radius 2 is 1.43 bits per heavy atom. The number of anilines is 2. The number of ether oxygens (including phenoxy) is 6. The van der Waals surface area contributed by atoms with Crippen LogP contribution in [-0.2, 0) is 78.6 Å². The Kier molecular flexibility index (Phi) is 30.5. The molecule has 0 saturated heterocycles. The number of nitrogens with one attached hydrogen (secondary N) is 6. The van der Waals surface area contributed by atoms with Crippen LogP contribution in [-0.4, -0.2) is 145 Å². The molecule has 84 heavy (non-hydrogen) atoms. The lowest BCUT2D eigenvalue weighted by Crippen LogP contribution is -2.57. The highest BCUT2D eigenvalue weighted by molar-refractivity contribution is 5.99. The lowest BCUT2D eigenvalue weighted by molar-refractivity contribution is -0.143. The third-order valence-electron chi connectivity index (χ3n) is 12.4. The number of fused-ring (bicyclic) bond motifs is 1. The molecular formula is C57H82N14O13. The number of unbranched alkanes of at least 4 members (excludes halogenated alkanes) is 1. The minimum absolute atomic E-state index is 0.0155. The highest BCUT2D eigenvalue weighted by Crippen LogP contribution is 2.30. The summed E-state index contributed by atoms with van der Waals surface area (Å²) in [6.07, 6.45) is 2.95. The smallest absolute Gasteiger partial charge is 0.407 e. The van der Waals surface area contributed by atoms with E-state index in [9.17, 15) is 33.6 Å². The van der Waals surface area contributed by atoms with Gasteiger partial charge in [0, 0.05) is 62.5 Å². The highest BCUT2D eigenvalue weighted by atomic mass is 16.6. The molecule has 4 aromatic rings. The van der Waals surface area contributed by atoms with E-state index in [0.29, 0.717) is 67.7 Å². The molecule has 27 heteroatoms. The number of carbonyl (C=O) groups is 7. The van der Waals surface area contributed by atoms with Gasteiger partial charge in [-0.05, 0) is 80.3 Å². The molecule has 3 atom stereocenters.